The molecule has 1 aromatic carbocycles. The summed E-state index contributed by atoms with van der Waals surface area (Å²) in [4.78, 5) is 11.3. The normalized spacial score (nSPS) is 10.9. The van der Waals surface area contributed by atoms with E-state index in [1.165, 1.54) is 12.1 Å². The van der Waals surface area contributed by atoms with Crippen molar-refractivity contribution in [3.05, 3.63) is 34.8 Å². The quantitative estimate of drug-likeness (QED) is 0.605. The van der Waals surface area contributed by atoms with Gasteiger partial charge in [0.25, 0.3) is 15.0 Å². The minimum absolute atomic E-state index is 0.0666. The molecular formula is C12H13BrClNO4S. The molecule has 0 saturated carbocycles. The van der Waals surface area contributed by atoms with Gasteiger partial charge in [-0.1, -0.05) is 22.0 Å². The molecule has 5 nitrogen and oxygen atoms in total. The van der Waals surface area contributed by atoms with Gasteiger partial charge in [0.05, 0.1) is 0 Å². The first-order valence-electron chi connectivity index (χ1n) is 5.51. The first kappa shape index (κ1) is 17.0. The third-order valence-corrected chi connectivity index (χ3v) is 4.04. The van der Waals surface area contributed by atoms with Gasteiger partial charge in [0.1, 0.15) is 10.6 Å². The van der Waals surface area contributed by atoms with Crippen molar-refractivity contribution in [3.63, 3.8) is 0 Å². The number of rotatable bonds is 6. The highest BCUT2D eigenvalue weighted by Gasteiger charge is 2.20. The van der Waals surface area contributed by atoms with Crippen LogP contribution >= 0.6 is 26.6 Å². The van der Waals surface area contributed by atoms with Crippen LogP contribution in [0.4, 0.5) is 0 Å². The van der Waals surface area contributed by atoms with E-state index >= 15 is 0 Å². The minimum Gasteiger partial charge on any atom is -0.482 e. The van der Waals surface area contributed by atoms with E-state index in [1.54, 1.807) is 13.0 Å². The van der Waals surface area contributed by atoms with E-state index in [0.717, 1.165) is 0 Å². The Morgan fingerprint density at radius 2 is 2.20 bits per heavy atom. The van der Waals surface area contributed by atoms with Crippen molar-refractivity contribution in [3.8, 4) is 5.75 Å². The predicted octanol–water partition coefficient (Wildman–Crippen LogP) is 2.37. The first-order valence-corrected chi connectivity index (χ1v) is 8.61. The summed E-state index contributed by atoms with van der Waals surface area (Å²) in [6.07, 6.45) is 1.53. The molecule has 0 bridgehead atoms. The van der Waals surface area contributed by atoms with Crippen LogP contribution in [0.15, 0.2) is 34.2 Å². The molecule has 1 aromatic rings. The van der Waals surface area contributed by atoms with E-state index in [0.29, 0.717) is 16.6 Å². The Labute approximate surface area is 130 Å². The molecule has 0 radical (unpaired) electrons. The molecule has 0 aliphatic heterocycles. The highest BCUT2D eigenvalue weighted by molar-refractivity contribution is 9.10. The average molecular weight is 383 g/mol. The molecule has 0 spiro atoms. The molecule has 0 unspecified atom stereocenters. The lowest BCUT2D eigenvalue weighted by Crippen LogP contribution is -2.29. The molecule has 0 heterocycles. The third kappa shape index (κ3) is 4.81. The van der Waals surface area contributed by atoms with Crippen LogP contribution in [0.3, 0.4) is 0 Å². The van der Waals surface area contributed by atoms with Crippen molar-refractivity contribution in [1.82, 2.24) is 5.32 Å². The van der Waals surface area contributed by atoms with Crippen molar-refractivity contribution in [2.45, 2.75) is 11.8 Å². The van der Waals surface area contributed by atoms with Gasteiger partial charge in [0.15, 0.2) is 6.61 Å². The van der Waals surface area contributed by atoms with Crippen molar-refractivity contribution in [2.24, 2.45) is 0 Å². The first-order chi connectivity index (χ1) is 9.25. The van der Waals surface area contributed by atoms with Gasteiger partial charge in [-0.05, 0) is 24.6 Å². The molecule has 1 rings (SSSR count). The van der Waals surface area contributed by atoms with Crippen molar-refractivity contribution >= 4 is 41.6 Å². The van der Waals surface area contributed by atoms with Crippen LogP contribution in [0.2, 0.25) is 0 Å². The summed E-state index contributed by atoms with van der Waals surface area (Å²) in [5.74, 6) is -0.318. The fourth-order valence-corrected chi connectivity index (χ4v) is 3.22. The maximum atomic E-state index is 11.5. The molecule has 0 aliphatic carbocycles. The van der Waals surface area contributed by atoms with Crippen molar-refractivity contribution in [1.29, 1.82) is 0 Å². The van der Waals surface area contributed by atoms with Crippen molar-refractivity contribution < 1.29 is 17.9 Å². The summed E-state index contributed by atoms with van der Waals surface area (Å²) < 4.78 is 28.9. The van der Waals surface area contributed by atoms with Crippen molar-refractivity contribution in [2.75, 3.05) is 13.2 Å². The van der Waals surface area contributed by atoms with Crippen LogP contribution in [0.5, 0.6) is 5.75 Å². The molecular weight excluding hydrogens is 370 g/mol. The molecule has 0 aliphatic rings. The topological polar surface area (TPSA) is 72.5 Å². The fourth-order valence-electron chi connectivity index (χ4n) is 1.44. The van der Waals surface area contributed by atoms with E-state index in [1.807, 2.05) is 0 Å². The largest absolute Gasteiger partial charge is 0.482 e. The lowest BCUT2D eigenvalue weighted by atomic mass is 10.2. The fraction of sp³-hybridized carbons (Fsp3) is 0.250. The Morgan fingerprint density at radius 1 is 1.55 bits per heavy atom. The molecule has 0 fully saturated rings. The number of halogens is 2. The SMILES string of the molecule is C=CCNC(=O)COc1c(C)cc(Br)cc1S(=O)(=O)Cl. The summed E-state index contributed by atoms with van der Waals surface area (Å²) in [6.45, 7) is 5.12. The average Bonchev–Trinajstić information content (AvgIpc) is 2.33. The van der Waals surface area contributed by atoms with E-state index in [2.05, 4.69) is 27.8 Å². The summed E-state index contributed by atoms with van der Waals surface area (Å²) in [5.41, 5.74) is 0.551. The number of amides is 1. The Hall–Kier alpha value is -1.05. The summed E-state index contributed by atoms with van der Waals surface area (Å²) in [7, 11) is 1.39. The van der Waals surface area contributed by atoms with Gasteiger partial charge in [0, 0.05) is 21.7 Å². The zero-order chi connectivity index (χ0) is 15.3. The molecule has 1 amide bonds. The Bertz CT molecular complexity index is 631. The number of carbonyl (C=O) groups is 1. The second-order valence-electron chi connectivity index (χ2n) is 3.87. The predicted molar refractivity (Wildman–Crippen MR) is 80.6 cm³/mol. The smallest absolute Gasteiger partial charge is 0.265 e. The van der Waals surface area contributed by atoms with Gasteiger partial charge in [-0.25, -0.2) is 8.42 Å². The van der Waals surface area contributed by atoms with E-state index in [-0.39, 0.29) is 23.2 Å². The second kappa shape index (κ2) is 7.10. The number of nitrogens with one attached hydrogen (secondary N) is 1. The summed E-state index contributed by atoms with van der Waals surface area (Å²) >= 11 is 3.18. The standard InChI is InChI=1S/C12H13BrClNO4S/c1-3-4-15-11(16)7-19-12-8(2)5-9(13)6-10(12)20(14,17)18/h3,5-6H,1,4,7H2,2H3,(H,15,16). The van der Waals surface area contributed by atoms with Gasteiger partial charge >= 0.3 is 0 Å². The van der Waals surface area contributed by atoms with Crippen LogP contribution < -0.4 is 10.1 Å². The number of benzene rings is 1. The van der Waals surface area contributed by atoms with Gasteiger partial charge < -0.3 is 10.1 Å². The van der Waals surface area contributed by atoms with Gasteiger partial charge in [0.2, 0.25) is 0 Å². The number of ether oxygens (including phenoxy) is 1. The Balaban J connectivity index is 3.00. The third-order valence-electron chi connectivity index (χ3n) is 2.26. The van der Waals surface area contributed by atoms with E-state index in [9.17, 15) is 13.2 Å². The highest BCUT2D eigenvalue weighted by atomic mass is 79.9. The maximum absolute atomic E-state index is 11.5. The van der Waals surface area contributed by atoms with Crippen LogP contribution in [0, 0.1) is 6.92 Å². The lowest BCUT2D eigenvalue weighted by molar-refractivity contribution is -0.122. The number of aryl methyl sites for hydroxylation is 1. The molecule has 1 N–H and O–H groups in total. The maximum Gasteiger partial charge on any atom is 0.265 e. The van der Waals surface area contributed by atoms with Crippen LogP contribution in [0.25, 0.3) is 0 Å². The number of hydrogen-bond acceptors (Lipinski definition) is 4. The zero-order valence-electron chi connectivity index (χ0n) is 10.7. The number of hydrogen-bond donors (Lipinski definition) is 1. The van der Waals surface area contributed by atoms with E-state index in [4.69, 9.17) is 15.4 Å². The van der Waals surface area contributed by atoms with E-state index < -0.39 is 9.05 Å². The van der Waals surface area contributed by atoms with Gasteiger partial charge in [-0.2, -0.15) is 0 Å². The zero-order valence-corrected chi connectivity index (χ0v) is 13.8. The molecule has 0 saturated heterocycles. The Kier molecular flexibility index (Phi) is 6.04. The molecule has 110 valence electrons. The van der Waals surface area contributed by atoms with Gasteiger partial charge in [-0.15, -0.1) is 6.58 Å². The summed E-state index contributed by atoms with van der Waals surface area (Å²) in [5, 5.41) is 2.52. The number of carbonyl (C=O) groups excluding carboxylic acids is 1. The molecule has 0 atom stereocenters. The molecule has 8 heteroatoms. The minimum atomic E-state index is -3.97. The molecule has 0 aromatic heterocycles. The molecule has 20 heavy (non-hydrogen) atoms. The monoisotopic (exact) mass is 381 g/mol. The van der Waals surface area contributed by atoms with Gasteiger partial charge in [-0.3, -0.25) is 4.79 Å². The second-order valence-corrected chi connectivity index (χ2v) is 7.32. The van der Waals surface area contributed by atoms with Crippen LogP contribution in [-0.2, 0) is 13.8 Å². The lowest BCUT2D eigenvalue weighted by Gasteiger charge is -2.13. The summed E-state index contributed by atoms with van der Waals surface area (Å²) in [6, 6.07) is 2.99. The van der Waals surface area contributed by atoms with Crippen LogP contribution in [0.1, 0.15) is 5.56 Å². The Morgan fingerprint density at radius 3 is 2.75 bits per heavy atom. The highest BCUT2D eigenvalue weighted by Crippen LogP contribution is 2.33. The van der Waals surface area contributed by atoms with Crippen LogP contribution in [-0.4, -0.2) is 27.5 Å².